The molecule has 1 aliphatic rings. The fourth-order valence-corrected chi connectivity index (χ4v) is 4.89. The second-order valence-corrected chi connectivity index (χ2v) is 9.56. The maximum Gasteiger partial charge on any atom is 0.256 e. The highest BCUT2D eigenvalue weighted by molar-refractivity contribution is 7.16. The summed E-state index contributed by atoms with van der Waals surface area (Å²) in [7, 11) is 0. The second kappa shape index (κ2) is 7.06. The first-order valence-electron chi connectivity index (χ1n) is 8.83. The van der Waals surface area contributed by atoms with E-state index in [-0.39, 0.29) is 11.3 Å². The fourth-order valence-electron chi connectivity index (χ4n) is 3.44. The molecule has 0 saturated carbocycles. The van der Waals surface area contributed by atoms with E-state index in [2.05, 4.69) is 32.2 Å². The monoisotopic (exact) mass is 386 g/mol. The normalized spacial score (nSPS) is 16.7. The molecule has 0 bridgehead atoms. The van der Waals surface area contributed by atoms with Crippen molar-refractivity contribution in [1.29, 1.82) is 5.26 Å². The van der Waals surface area contributed by atoms with Gasteiger partial charge >= 0.3 is 0 Å². The summed E-state index contributed by atoms with van der Waals surface area (Å²) in [6, 6.07) is 7.56. The number of thiophene rings is 1. The summed E-state index contributed by atoms with van der Waals surface area (Å²) in [5.41, 5.74) is 3.43. The van der Waals surface area contributed by atoms with E-state index in [9.17, 15) is 10.1 Å². The molecule has 2 aromatic rings. The number of fused-ring (bicyclic) bond motifs is 1. The summed E-state index contributed by atoms with van der Waals surface area (Å²) in [4.78, 5) is 13.9. The quantitative estimate of drug-likeness (QED) is 0.689. The van der Waals surface area contributed by atoms with Gasteiger partial charge in [0.05, 0.1) is 5.56 Å². The molecule has 136 valence electrons. The van der Waals surface area contributed by atoms with Crippen molar-refractivity contribution < 1.29 is 4.79 Å². The Hall–Kier alpha value is -1.83. The lowest BCUT2D eigenvalue weighted by Crippen LogP contribution is -2.26. The van der Waals surface area contributed by atoms with E-state index in [1.165, 1.54) is 4.88 Å². The highest BCUT2D eigenvalue weighted by Gasteiger charge is 2.32. The van der Waals surface area contributed by atoms with Gasteiger partial charge in [-0.3, -0.25) is 4.79 Å². The number of aryl methyl sites for hydroxylation is 1. The number of nitrogens with one attached hydrogen (secondary N) is 1. The van der Waals surface area contributed by atoms with Crippen LogP contribution in [0.25, 0.3) is 0 Å². The van der Waals surface area contributed by atoms with Gasteiger partial charge in [0.15, 0.2) is 0 Å². The van der Waals surface area contributed by atoms with Crippen LogP contribution >= 0.6 is 22.9 Å². The van der Waals surface area contributed by atoms with Gasteiger partial charge in [-0.15, -0.1) is 11.3 Å². The first kappa shape index (κ1) is 18.9. The van der Waals surface area contributed by atoms with Crippen molar-refractivity contribution >= 4 is 33.8 Å². The number of anilines is 1. The van der Waals surface area contributed by atoms with Crippen molar-refractivity contribution in [2.45, 2.75) is 47.0 Å². The topological polar surface area (TPSA) is 52.9 Å². The third-order valence-electron chi connectivity index (χ3n) is 5.26. The van der Waals surface area contributed by atoms with Crippen molar-refractivity contribution in [1.82, 2.24) is 0 Å². The molecule has 1 aromatic heterocycles. The van der Waals surface area contributed by atoms with E-state index in [4.69, 9.17) is 11.6 Å². The molecule has 26 heavy (non-hydrogen) atoms. The zero-order valence-electron chi connectivity index (χ0n) is 15.6. The van der Waals surface area contributed by atoms with Gasteiger partial charge in [0.1, 0.15) is 11.1 Å². The van der Waals surface area contributed by atoms with Gasteiger partial charge in [-0.1, -0.05) is 38.4 Å². The van der Waals surface area contributed by atoms with Gasteiger partial charge in [-0.2, -0.15) is 5.26 Å². The first-order valence-corrected chi connectivity index (χ1v) is 10.0. The SMILES string of the molecule is Cc1ccc(C(=O)Nc2sc3c(c2C#N)CC[C@H](C(C)(C)C)C3)cc1Cl. The molecule has 1 heterocycles. The molecule has 3 nitrogen and oxygen atoms in total. The van der Waals surface area contributed by atoms with Crippen molar-refractivity contribution in [3.63, 3.8) is 0 Å². The Bertz CT molecular complexity index is 902. The van der Waals surface area contributed by atoms with E-state index in [0.717, 1.165) is 30.4 Å². The number of hydrogen-bond acceptors (Lipinski definition) is 3. The number of hydrogen-bond donors (Lipinski definition) is 1. The van der Waals surface area contributed by atoms with E-state index in [0.29, 0.717) is 27.1 Å². The molecule has 1 aliphatic carbocycles. The lowest BCUT2D eigenvalue weighted by atomic mass is 9.72. The van der Waals surface area contributed by atoms with Gasteiger partial charge in [0.25, 0.3) is 5.91 Å². The molecule has 0 spiro atoms. The Morgan fingerprint density at radius 1 is 1.38 bits per heavy atom. The average molecular weight is 387 g/mol. The van der Waals surface area contributed by atoms with Gasteiger partial charge < -0.3 is 5.32 Å². The summed E-state index contributed by atoms with van der Waals surface area (Å²) in [6.45, 7) is 8.71. The molecule has 5 heteroatoms. The lowest BCUT2D eigenvalue weighted by Gasteiger charge is -2.33. The summed E-state index contributed by atoms with van der Waals surface area (Å²) in [6.07, 6.45) is 2.97. The summed E-state index contributed by atoms with van der Waals surface area (Å²) < 4.78 is 0. The predicted octanol–water partition coefficient (Wildman–Crippen LogP) is 5.98. The molecule has 1 N–H and O–H groups in total. The van der Waals surface area contributed by atoms with Crippen LogP contribution in [0.1, 0.15) is 59.1 Å². The Labute approximate surface area is 164 Å². The fraction of sp³-hybridized carbons (Fsp3) is 0.429. The maximum atomic E-state index is 12.6. The van der Waals surface area contributed by atoms with Gasteiger partial charge in [-0.05, 0) is 60.8 Å². The van der Waals surface area contributed by atoms with Gasteiger partial charge in [-0.25, -0.2) is 0 Å². The number of carbonyl (C=O) groups is 1. The molecule has 3 rings (SSSR count). The largest absolute Gasteiger partial charge is 0.312 e. The molecule has 1 amide bonds. The van der Waals surface area contributed by atoms with Crippen LogP contribution in [0.5, 0.6) is 0 Å². The van der Waals surface area contributed by atoms with E-state index < -0.39 is 0 Å². The predicted molar refractivity (Wildman–Crippen MR) is 108 cm³/mol. The van der Waals surface area contributed by atoms with E-state index in [1.54, 1.807) is 23.5 Å². The highest BCUT2D eigenvalue weighted by atomic mass is 35.5. The molecule has 0 unspecified atom stereocenters. The van der Waals surface area contributed by atoms with Gasteiger partial charge in [0, 0.05) is 15.5 Å². The van der Waals surface area contributed by atoms with E-state index >= 15 is 0 Å². The molecule has 0 saturated heterocycles. The van der Waals surface area contributed by atoms with Gasteiger partial charge in [0.2, 0.25) is 0 Å². The Balaban J connectivity index is 1.87. The summed E-state index contributed by atoms with van der Waals surface area (Å²) >= 11 is 7.68. The molecule has 1 atom stereocenters. The maximum absolute atomic E-state index is 12.6. The molecular weight excluding hydrogens is 364 g/mol. The van der Waals surface area contributed by atoms with Crippen LogP contribution in [-0.2, 0) is 12.8 Å². The van der Waals surface area contributed by atoms with Crippen molar-refractivity contribution in [2.24, 2.45) is 11.3 Å². The number of carbonyl (C=O) groups excluding carboxylic acids is 1. The Morgan fingerprint density at radius 2 is 2.12 bits per heavy atom. The number of rotatable bonds is 2. The van der Waals surface area contributed by atoms with E-state index in [1.807, 2.05) is 13.0 Å². The number of nitrogens with zero attached hydrogens (tertiary/aromatic N) is 1. The van der Waals surface area contributed by atoms with Crippen molar-refractivity contribution in [2.75, 3.05) is 5.32 Å². The standard InChI is InChI=1S/C21H23ClN2OS/c1-12-5-6-13(9-17(12)22)19(25)24-20-16(11-23)15-8-7-14(21(2,3)4)10-18(15)26-20/h5-6,9,14H,7-8,10H2,1-4H3,(H,24,25)/t14-/m0/s1. The molecule has 0 aliphatic heterocycles. The van der Waals surface area contributed by atoms with Crippen LogP contribution in [0.2, 0.25) is 5.02 Å². The molecular formula is C21H23ClN2OS. The third kappa shape index (κ3) is 3.65. The van der Waals surface area contributed by atoms with Crippen LogP contribution in [-0.4, -0.2) is 5.91 Å². The van der Waals surface area contributed by atoms with Crippen molar-refractivity contribution in [3.05, 3.63) is 50.4 Å². The number of amides is 1. The Kier molecular flexibility index (Phi) is 5.14. The molecule has 0 fully saturated rings. The van der Waals surface area contributed by atoms with Crippen LogP contribution in [0.15, 0.2) is 18.2 Å². The number of halogens is 1. The minimum absolute atomic E-state index is 0.227. The summed E-state index contributed by atoms with van der Waals surface area (Å²) in [5, 5.41) is 13.8. The average Bonchev–Trinajstić information content (AvgIpc) is 2.92. The smallest absolute Gasteiger partial charge is 0.256 e. The van der Waals surface area contributed by atoms with Crippen LogP contribution in [0.4, 0.5) is 5.00 Å². The van der Waals surface area contributed by atoms with Crippen LogP contribution < -0.4 is 5.32 Å². The second-order valence-electron chi connectivity index (χ2n) is 8.04. The number of nitriles is 1. The Morgan fingerprint density at radius 3 is 2.73 bits per heavy atom. The minimum Gasteiger partial charge on any atom is -0.312 e. The third-order valence-corrected chi connectivity index (χ3v) is 6.84. The zero-order chi connectivity index (χ0) is 19.1. The molecule has 1 aromatic carbocycles. The first-order chi connectivity index (χ1) is 12.2. The minimum atomic E-state index is -0.227. The summed E-state index contributed by atoms with van der Waals surface area (Å²) in [5.74, 6) is 0.369. The van der Waals surface area contributed by atoms with Crippen LogP contribution in [0, 0.1) is 29.6 Å². The highest BCUT2D eigenvalue weighted by Crippen LogP contribution is 2.44. The van der Waals surface area contributed by atoms with Crippen molar-refractivity contribution in [3.8, 4) is 6.07 Å². The number of benzene rings is 1. The zero-order valence-corrected chi connectivity index (χ0v) is 17.1. The lowest BCUT2D eigenvalue weighted by molar-refractivity contribution is 0.102. The van der Waals surface area contributed by atoms with Crippen LogP contribution in [0.3, 0.4) is 0 Å². The molecule has 0 radical (unpaired) electrons.